The number of H-pyrrole nitrogens is 1. The highest BCUT2D eigenvalue weighted by Gasteiger charge is 2.29. The molecule has 0 unspecified atom stereocenters. The molecule has 7 heteroatoms. The van der Waals surface area contributed by atoms with Gasteiger partial charge < -0.3 is 4.98 Å². The average molecular weight is 315 g/mol. The molecule has 16 heavy (non-hydrogen) atoms. The van der Waals surface area contributed by atoms with E-state index in [-0.39, 0.29) is 16.4 Å². The van der Waals surface area contributed by atoms with Crippen LogP contribution in [0.5, 0.6) is 0 Å². The highest BCUT2D eigenvalue weighted by Crippen LogP contribution is 2.25. The molecule has 1 heterocycles. The van der Waals surface area contributed by atoms with Crippen molar-refractivity contribution in [3.63, 3.8) is 0 Å². The van der Waals surface area contributed by atoms with E-state index in [0.717, 1.165) is 0 Å². The Balaban J connectivity index is 3.20. The summed E-state index contributed by atoms with van der Waals surface area (Å²) in [6.45, 7) is 3.73. The van der Waals surface area contributed by atoms with Crippen LogP contribution in [0.4, 0.5) is 13.2 Å². The van der Waals surface area contributed by atoms with Crippen molar-refractivity contribution < 1.29 is 13.2 Å². The number of aromatic amines is 1. The molecule has 0 saturated carbocycles. The third-order valence-electron chi connectivity index (χ3n) is 1.88. The maximum atomic E-state index is 12.2. The number of rotatable bonds is 2. The van der Waals surface area contributed by atoms with Crippen LogP contribution >= 0.6 is 28.1 Å². The fourth-order valence-electron chi connectivity index (χ4n) is 1.20. The van der Waals surface area contributed by atoms with Crippen molar-refractivity contribution in [2.24, 2.45) is 0 Å². The molecule has 0 radical (unpaired) electrons. The number of hydrogen-bond acceptors (Lipinski definition) is 2. The maximum Gasteiger partial charge on any atom is 0.396 e. The third-order valence-corrected chi connectivity index (χ3v) is 3.25. The molecule has 0 aromatic carbocycles. The van der Waals surface area contributed by atoms with E-state index in [1.807, 2.05) is 13.8 Å². The van der Waals surface area contributed by atoms with Gasteiger partial charge in [0.15, 0.2) is 0 Å². The Hall–Kier alpha value is -0.430. The molecule has 0 spiro atoms. The molecule has 0 bridgehead atoms. The molecule has 0 aliphatic heterocycles. The predicted octanol–water partition coefficient (Wildman–Crippen LogP) is 4.13. The van der Waals surface area contributed by atoms with Gasteiger partial charge in [-0.1, -0.05) is 26.1 Å². The second kappa shape index (κ2) is 4.83. The smallest absolute Gasteiger partial charge is 0.346 e. The van der Waals surface area contributed by atoms with E-state index >= 15 is 0 Å². The van der Waals surface area contributed by atoms with Crippen LogP contribution in [0.15, 0.2) is 4.47 Å². The first kappa shape index (κ1) is 13.6. The minimum atomic E-state index is -4.28. The van der Waals surface area contributed by atoms with Crippen LogP contribution in [0.3, 0.4) is 0 Å². The van der Waals surface area contributed by atoms with Gasteiger partial charge in [-0.3, -0.25) is 0 Å². The summed E-state index contributed by atoms with van der Waals surface area (Å²) < 4.78 is 37.3. The molecule has 2 nitrogen and oxygen atoms in total. The van der Waals surface area contributed by atoms with Crippen LogP contribution in [-0.2, 0) is 6.42 Å². The number of nitrogens with one attached hydrogen (secondary N) is 1. The van der Waals surface area contributed by atoms with E-state index in [1.54, 1.807) is 0 Å². The van der Waals surface area contributed by atoms with Gasteiger partial charge in [0, 0.05) is 5.69 Å². The second-order valence-electron chi connectivity index (χ2n) is 3.66. The van der Waals surface area contributed by atoms with Gasteiger partial charge in [-0.25, -0.2) is 4.98 Å². The topological polar surface area (TPSA) is 28.7 Å². The lowest BCUT2D eigenvalue weighted by Gasteiger charge is -2.12. The summed E-state index contributed by atoms with van der Waals surface area (Å²) in [6.07, 6.45) is -5.38. The summed E-state index contributed by atoms with van der Waals surface area (Å²) >= 11 is 8.11. The van der Waals surface area contributed by atoms with E-state index < -0.39 is 12.6 Å². The zero-order valence-electron chi connectivity index (χ0n) is 8.65. The van der Waals surface area contributed by atoms with E-state index in [1.165, 1.54) is 0 Å². The Labute approximate surface area is 104 Å². The normalized spacial score (nSPS) is 12.2. The van der Waals surface area contributed by atoms with Crippen LogP contribution < -0.4 is 0 Å². The summed E-state index contributed by atoms with van der Waals surface area (Å²) in [5, 5.41) is 0. The van der Waals surface area contributed by atoms with Gasteiger partial charge in [-0.15, -0.1) is 0 Å². The quantitative estimate of drug-likeness (QED) is 0.831. The minimum absolute atomic E-state index is 0.0473. The number of halogens is 4. The third kappa shape index (κ3) is 3.55. The minimum Gasteiger partial charge on any atom is -0.346 e. The zero-order chi connectivity index (χ0) is 12.5. The van der Waals surface area contributed by atoms with E-state index in [9.17, 15) is 13.2 Å². The molecule has 0 aliphatic carbocycles. The highest BCUT2D eigenvalue weighted by atomic mass is 79.9. The lowest BCUT2D eigenvalue weighted by atomic mass is 10.1. The van der Waals surface area contributed by atoms with Gasteiger partial charge >= 0.3 is 6.18 Å². The van der Waals surface area contributed by atoms with Crippen molar-refractivity contribution >= 4 is 28.1 Å². The van der Waals surface area contributed by atoms with Crippen molar-refractivity contribution in [1.29, 1.82) is 0 Å². The van der Waals surface area contributed by atoms with Gasteiger partial charge in [0.05, 0.1) is 4.47 Å². The summed E-state index contributed by atoms with van der Waals surface area (Å²) in [5.41, 5.74) is 0.638. The van der Waals surface area contributed by atoms with Crippen molar-refractivity contribution in [2.45, 2.75) is 32.4 Å². The number of hydrogen-bond donors (Lipinski definition) is 1. The molecule has 1 aromatic rings. The Morgan fingerprint density at radius 3 is 2.44 bits per heavy atom. The number of alkyl halides is 3. The molecule has 0 fully saturated rings. The summed E-state index contributed by atoms with van der Waals surface area (Å²) in [7, 11) is 0. The summed E-state index contributed by atoms with van der Waals surface area (Å²) in [4.78, 5) is 6.36. The molecule has 1 rings (SSSR count). The van der Waals surface area contributed by atoms with Gasteiger partial charge in [0.1, 0.15) is 16.9 Å². The van der Waals surface area contributed by atoms with Crippen molar-refractivity contribution in [3.8, 4) is 0 Å². The van der Waals surface area contributed by atoms with Crippen LogP contribution in [0.1, 0.15) is 31.3 Å². The Kier molecular flexibility index (Phi) is 4.12. The summed E-state index contributed by atoms with van der Waals surface area (Å²) in [6, 6.07) is 0. The lowest BCUT2D eigenvalue weighted by molar-refractivity contribution is -0.128. The summed E-state index contributed by atoms with van der Waals surface area (Å²) in [5.74, 6) is -0.101. The molecule has 0 saturated heterocycles. The van der Waals surface area contributed by atoms with Crippen LogP contribution in [-0.4, -0.2) is 16.1 Å². The maximum absolute atomic E-state index is 12.2. The fraction of sp³-hybridized carbons (Fsp3) is 0.556. The van der Waals surface area contributed by atoms with Crippen LogP contribution in [0.2, 0.25) is 0 Å². The van der Waals surface area contributed by atoms with Crippen LogP contribution in [0.25, 0.3) is 0 Å². The van der Waals surface area contributed by atoms with Crippen LogP contribution in [0, 0.1) is 4.64 Å². The Bertz CT molecular complexity index is 439. The predicted molar refractivity (Wildman–Crippen MR) is 61.0 cm³/mol. The van der Waals surface area contributed by atoms with Gasteiger partial charge in [0.25, 0.3) is 0 Å². The van der Waals surface area contributed by atoms with Crippen molar-refractivity contribution in [3.05, 3.63) is 20.6 Å². The second-order valence-corrected chi connectivity index (χ2v) is 4.84. The first-order chi connectivity index (χ1) is 7.20. The molecule has 90 valence electrons. The lowest BCUT2D eigenvalue weighted by Crippen LogP contribution is -2.15. The van der Waals surface area contributed by atoms with E-state index in [2.05, 4.69) is 25.9 Å². The molecular formula is C9H10BrF3N2S. The molecule has 0 aliphatic rings. The van der Waals surface area contributed by atoms with E-state index in [4.69, 9.17) is 12.2 Å². The molecule has 0 atom stereocenters. The monoisotopic (exact) mass is 314 g/mol. The standard InChI is InChI=1S/C9H10BrF3N2S/c1-4(2)7-6(10)8(16)15-5(14-7)3-9(11,12)13/h4H,3H2,1-2H3,(H,14,15,16). The fourth-order valence-corrected chi connectivity index (χ4v) is 2.06. The highest BCUT2D eigenvalue weighted by molar-refractivity contribution is 9.10. The molecular weight excluding hydrogens is 305 g/mol. The first-order valence-corrected chi connectivity index (χ1v) is 5.76. The first-order valence-electron chi connectivity index (χ1n) is 4.56. The Morgan fingerprint density at radius 1 is 1.44 bits per heavy atom. The van der Waals surface area contributed by atoms with Crippen molar-refractivity contribution in [2.75, 3.05) is 0 Å². The van der Waals surface area contributed by atoms with E-state index in [0.29, 0.717) is 10.2 Å². The molecule has 0 amide bonds. The SMILES string of the molecule is CC(C)c1[nH]c(CC(F)(F)F)nc(=S)c1Br. The largest absolute Gasteiger partial charge is 0.396 e. The van der Waals surface area contributed by atoms with Gasteiger partial charge in [-0.05, 0) is 21.8 Å². The number of aromatic nitrogens is 2. The molecule has 1 aromatic heterocycles. The average Bonchev–Trinajstić information content (AvgIpc) is 2.07. The van der Waals surface area contributed by atoms with Crippen molar-refractivity contribution in [1.82, 2.24) is 9.97 Å². The Morgan fingerprint density at radius 2 is 2.00 bits per heavy atom. The van der Waals surface area contributed by atoms with Gasteiger partial charge in [-0.2, -0.15) is 13.2 Å². The van der Waals surface area contributed by atoms with Gasteiger partial charge in [0.2, 0.25) is 0 Å². The molecule has 1 N–H and O–H groups in total. The zero-order valence-corrected chi connectivity index (χ0v) is 11.1. The number of nitrogens with zero attached hydrogens (tertiary/aromatic N) is 1.